The molecule has 2 heterocycles. The fourth-order valence-electron chi connectivity index (χ4n) is 2.27. The SMILES string of the molecule is Cn1cncc1C(C(N)=O)N1CCCNCC1. The Morgan fingerprint density at radius 2 is 2.35 bits per heavy atom. The van der Waals surface area contributed by atoms with Gasteiger partial charge in [0, 0.05) is 26.7 Å². The van der Waals surface area contributed by atoms with Gasteiger partial charge in [-0.3, -0.25) is 9.69 Å². The lowest BCUT2D eigenvalue weighted by atomic mass is 10.1. The number of nitrogens with zero attached hydrogens (tertiary/aromatic N) is 3. The van der Waals surface area contributed by atoms with Crippen LogP contribution in [0.3, 0.4) is 0 Å². The fraction of sp³-hybridized carbons (Fsp3) is 0.636. The number of hydrogen-bond donors (Lipinski definition) is 2. The highest BCUT2D eigenvalue weighted by Gasteiger charge is 2.28. The second kappa shape index (κ2) is 5.29. The molecule has 0 radical (unpaired) electrons. The van der Waals surface area contributed by atoms with Crippen LogP contribution in [0.4, 0.5) is 0 Å². The van der Waals surface area contributed by atoms with E-state index in [1.807, 2.05) is 11.6 Å². The minimum atomic E-state index is -0.373. The Hall–Kier alpha value is -1.40. The van der Waals surface area contributed by atoms with Crippen molar-refractivity contribution in [2.45, 2.75) is 12.5 Å². The summed E-state index contributed by atoms with van der Waals surface area (Å²) < 4.78 is 1.85. The maximum atomic E-state index is 11.7. The topological polar surface area (TPSA) is 76.2 Å². The van der Waals surface area contributed by atoms with Crippen molar-refractivity contribution in [3.05, 3.63) is 18.2 Å². The summed E-state index contributed by atoms with van der Waals surface area (Å²) in [7, 11) is 1.88. The van der Waals surface area contributed by atoms with Crippen LogP contribution in [0.2, 0.25) is 0 Å². The van der Waals surface area contributed by atoms with Crippen LogP contribution in [-0.2, 0) is 11.8 Å². The highest BCUT2D eigenvalue weighted by Crippen LogP contribution is 2.20. The summed E-state index contributed by atoms with van der Waals surface area (Å²) in [6.07, 6.45) is 4.44. The first-order valence-electron chi connectivity index (χ1n) is 5.90. The maximum Gasteiger partial charge on any atom is 0.240 e. The van der Waals surface area contributed by atoms with Crippen LogP contribution in [0.15, 0.2) is 12.5 Å². The monoisotopic (exact) mass is 237 g/mol. The van der Waals surface area contributed by atoms with E-state index in [1.165, 1.54) is 0 Å². The van der Waals surface area contributed by atoms with Crippen molar-refractivity contribution in [3.63, 3.8) is 0 Å². The van der Waals surface area contributed by atoms with Crippen molar-refractivity contribution in [2.24, 2.45) is 12.8 Å². The van der Waals surface area contributed by atoms with E-state index in [4.69, 9.17) is 5.73 Å². The summed E-state index contributed by atoms with van der Waals surface area (Å²) in [5, 5.41) is 3.31. The van der Waals surface area contributed by atoms with Gasteiger partial charge in [0.2, 0.25) is 5.91 Å². The normalized spacial score (nSPS) is 19.8. The van der Waals surface area contributed by atoms with Crippen molar-refractivity contribution in [1.29, 1.82) is 0 Å². The maximum absolute atomic E-state index is 11.7. The van der Waals surface area contributed by atoms with Crippen LogP contribution in [0.5, 0.6) is 0 Å². The molecular weight excluding hydrogens is 218 g/mol. The molecule has 1 aliphatic rings. The minimum Gasteiger partial charge on any atom is -0.368 e. The van der Waals surface area contributed by atoms with Gasteiger partial charge >= 0.3 is 0 Å². The van der Waals surface area contributed by atoms with Gasteiger partial charge in [-0.25, -0.2) is 4.98 Å². The lowest BCUT2D eigenvalue weighted by molar-refractivity contribution is -0.123. The van der Waals surface area contributed by atoms with Gasteiger partial charge in [0.1, 0.15) is 6.04 Å². The number of amides is 1. The Bertz CT molecular complexity index is 381. The van der Waals surface area contributed by atoms with Crippen molar-refractivity contribution in [1.82, 2.24) is 19.8 Å². The molecule has 6 nitrogen and oxygen atoms in total. The van der Waals surface area contributed by atoms with E-state index in [1.54, 1.807) is 12.5 Å². The molecule has 0 saturated carbocycles. The first-order valence-corrected chi connectivity index (χ1v) is 5.90. The molecule has 0 spiro atoms. The van der Waals surface area contributed by atoms with Gasteiger partial charge in [-0.2, -0.15) is 0 Å². The zero-order valence-corrected chi connectivity index (χ0v) is 10.1. The quantitative estimate of drug-likeness (QED) is 0.724. The van der Waals surface area contributed by atoms with Gasteiger partial charge in [0.15, 0.2) is 0 Å². The van der Waals surface area contributed by atoms with E-state index < -0.39 is 0 Å². The summed E-state index contributed by atoms with van der Waals surface area (Å²) in [6, 6.07) is -0.373. The molecule has 6 heteroatoms. The van der Waals surface area contributed by atoms with Crippen LogP contribution in [0.1, 0.15) is 18.2 Å². The van der Waals surface area contributed by atoms with E-state index in [9.17, 15) is 4.79 Å². The minimum absolute atomic E-state index is 0.310. The highest BCUT2D eigenvalue weighted by atomic mass is 16.1. The van der Waals surface area contributed by atoms with Crippen molar-refractivity contribution in [3.8, 4) is 0 Å². The fourth-order valence-corrected chi connectivity index (χ4v) is 2.27. The number of hydrogen-bond acceptors (Lipinski definition) is 4. The first-order chi connectivity index (χ1) is 8.20. The number of rotatable bonds is 3. The largest absolute Gasteiger partial charge is 0.368 e. The molecule has 1 saturated heterocycles. The number of aryl methyl sites for hydroxylation is 1. The number of nitrogens with one attached hydrogen (secondary N) is 1. The summed E-state index contributed by atoms with van der Waals surface area (Å²) in [5.41, 5.74) is 6.40. The third-order valence-corrected chi connectivity index (χ3v) is 3.14. The Balaban J connectivity index is 2.22. The zero-order chi connectivity index (χ0) is 12.3. The summed E-state index contributed by atoms with van der Waals surface area (Å²) in [5.74, 6) is -0.310. The summed E-state index contributed by atoms with van der Waals surface area (Å²) in [4.78, 5) is 17.9. The van der Waals surface area contributed by atoms with Gasteiger partial charge in [-0.15, -0.1) is 0 Å². The number of aromatic nitrogens is 2. The van der Waals surface area contributed by atoms with E-state index in [2.05, 4.69) is 15.2 Å². The number of carbonyl (C=O) groups is 1. The Labute approximate surface area is 101 Å². The predicted octanol–water partition coefficient (Wildman–Crippen LogP) is -0.758. The van der Waals surface area contributed by atoms with Gasteiger partial charge in [0.25, 0.3) is 0 Å². The Morgan fingerprint density at radius 3 is 3.00 bits per heavy atom. The van der Waals surface area contributed by atoms with Crippen molar-refractivity contribution in [2.75, 3.05) is 26.2 Å². The molecule has 1 unspecified atom stereocenters. The third-order valence-electron chi connectivity index (χ3n) is 3.14. The van der Waals surface area contributed by atoms with Crippen molar-refractivity contribution < 1.29 is 4.79 Å². The molecule has 1 fully saturated rings. The molecule has 1 aliphatic heterocycles. The van der Waals surface area contributed by atoms with E-state index >= 15 is 0 Å². The second-order valence-corrected chi connectivity index (χ2v) is 4.37. The molecule has 94 valence electrons. The molecule has 2 rings (SSSR count). The van der Waals surface area contributed by atoms with Crippen LogP contribution in [0.25, 0.3) is 0 Å². The molecule has 1 amide bonds. The van der Waals surface area contributed by atoms with Crippen LogP contribution in [-0.4, -0.2) is 46.5 Å². The molecule has 0 bridgehead atoms. The predicted molar refractivity (Wildman–Crippen MR) is 64.2 cm³/mol. The van der Waals surface area contributed by atoms with E-state index in [0.29, 0.717) is 0 Å². The van der Waals surface area contributed by atoms with Crippen molar-refractivity contribution >= 4 is 5.91 Å². The van der Waals surface area contributed by atoms with Crippen LogP contribution < -0.4 is 11.1 Å². The molecule has 1 aromatic heterocycles. The molecule has 3 N–H and O–H groups in total. The Kier molecular flexibility index (Phi) is 3.75. The van der Waals surface area contributed by atoms with Gasteiger partial charge in [0.05, 0.1) is 18.2 Å². The second-order valence-electron chi connectivity index (χ2n) is 4.37. The van der Waals surface area contributed by atoms with Gasteiger partial charge in [-0.05, 0) is 13.0 Å². The molecule has 17 heavy (non-hydrogen) atoms. The smallest absolute Gasteiger partial charge is 0.240 e. The number of primary amides is 1. The lowest BCUT2D eigenvalue weighted by Crippen LogP contribution is -2.40. The lowest BCUT2D eigenvalue weighted by Gasteiger charge is -2.27. The number of carbonyl (C=O) groups excluding carboxylic acids is 1. The van der Waals surface area contributed by atoms with Crippen LogP contribution >= 0.6 is 0 Å². The van der Waals surface area contributed by atoms with E-state index in [0.717, 1.165) is 38.3 Å². The average Bonchev–Trinajstić information content (AvgIpc) is 2.55. The third kappa shape index (κ3) is 2.65. The Morgan fingerprint density at radius 1 is 1.53 bits per heavy atom. The number of imidazole rings is 1. The highest BCUT2D eigenvalue weighted by molar-refractivity contribution is 5.80. The molecule has 0 aromatic carbocycles. The zero-order valence-electron chi connectivity index (χ0n) is 10.1. The van der Waals surface area contributed by atoms with Gasteiger partial charge in [-0.1, -0.05) is 0 Å². The summed E-state index contributed by atoms with van der Waals surface area (Å²) >= 11 is 0. The van der Waals surface area contributed by atoms with E-state index in [-0.39, 0.29) is 11.9 Å². The molecule has 1 aromatic rings. The standard InChI is InChI=1S/C11H19N5O/c1-15-8-14-7-9(15)10(11(12)17)16-5-2-3-13-4-6-16/h7-8,10,13H,2-6H2,1H3,(H2,12,17). The van der Waals surface area contributed by atoms with Crippen LogP contribution in [0, 0.1) is 0 Å². The molecule has 1 atom stereocenters. The molecule has 0 aliphatic carbocycles. The summed E-state index contributed by atoms with van der Waals surface area (Å²) in [6.45, 7) is 3.60. The number of nitrogens with two attached hydrogens (primary N) is 1. The molecular formula is C11H19N5O. The van der Waals surface area contributed by atoms with Gasteiger partial charge < -0.3 is 15.6 Å². The average molecular weight is 237 g/mol. The first kappa shape index (κ1) is 12.1.